The Morgan fingerprint density at radius 1 is 1.07 bits per heavy atom. The van der Waals surface area contributed by atoms with E-state index >= 15 is 0 Å². The molecule has 1 aromatic carbocycles. The summed E-state index contributed by atoms with van der Waals surface area (Å²) in [7, 11) is 3.42. The van der Waals surface area contributed by atoms with Gasteiger partial charge in [-0.2, -0.15) is 0 Å². The minimum absolute atomic E-state index is 0.0226. The number of pyridine rings is 1. The van der Waals surface area contributed by atoms with Crippen LogP contribution in [0.15, 0.2) is 42.6 Å². The third kappa shape index (κ3) is 4.68. The van der Waals surface area contributed by atoms with E-state index in [4.69, 9.17) is 4.74 Å². The first-order valence-corrected chi connectivity index (χ1v) is 9.70. The van der Waals surface area contributed by atoms with E-state index in [1.807, 2.05) is 29.2 Å². The molecule has 0 atom stereocenters. The average molecular weight is 381 g/mol. The highest BCUT2D eigenvalue weighted by Gasteiger charge is 2.25. The second kappa shape index (κ2) is 8.87. The van der Waals surface area contributed by atoms with Crippen LogP contribution in [0, 0.1) is 0 Å². The van der Waals surface area contributed by atoms with E-state index in [2.05, 4.69) is 11.9 Å². The van der Waals surface area contributed by atoms with Crippen molar-refractivity contribution in [1.29, 1.82) is 0 Å². The van der Waals surface area contributed by atoms with E-state index in [-0.39, 0.29) is 17.9 Å². The molecule has 1 aliphatic heterocycles. The van der Waals surface area contributed by atoms with Crippen molar-refractivity contribution in [3.63, 3.8) is 0 Å². The fraction of sp³-hybridized carbons (Fsp3) is 0.409. The van der Waals surface area contributed by atoms with Gasteiger partial charge in [0.1, 0.15) is 6.10 Å². The van der Waals surface area contributed by atoms with Crippen LogP contribution in [0.4, 0.5) is 0 Å². The van der Waals surface area contributed by atoms with Crippen LogP contribution in [0.25, 0.3) is 0 Å². The molecule has 148 valence electrons. The Morgan fingerprint density at radius 2 is 1.71 bits per heavy atom. The standard InChI is InChI=1S/C22H27N3O3/c1-4-16-5-7-17(8-6-16)22(27)25-13-11-19(12-14-25)28-20-10-9-18(15-23-20)21(26)24(2)3/h5-10,15,19H,4,11-14H2,1-3H3. The zero-order valence-electron chi connectivity index (χ0n) is 16.7. The number of hydrogen-bond acceptors (Lipinski definition) is 4. The Morgan fingerprint density at radius 3 is 2.25 bits per heavy atom. The molecule has 1 aromatic heterocycles. The van der Waals surface area contributed by atoms with Crippen molar-refractivity contribution in [3.05, 3.63) is 59.3 Å². The molecule has 1 fully saturated rings. The lowest BCUT2D eigenvalue weighted by Gasteiger charge is -2.32. The van der Waals surface area contributed by atoms with Gasteiger partial charge in [-0.3, -0.25) is 9.59 Å². The average Bonchev–Trinajstić information content (AvgIpc) is 2.74. The molecule has 0 spiro atoms. The number of nitrogens with zero attached hydrogens (tertiary/aromatic N) is 3. The van der Waals surface area contributed by atoms with Crippen LogP contribution in [-0.4, -0.2) is 59.9 Å². The number of likely N-dealkylation sites (tertiary alicyclic amines) is 1. The smallest absolute Gasteiger partial charge is 0.254 e. The number of amides is 2. The number of rotatable bonds is 5. The molecule has 1 saturated heterocycles. The van der Waals surface area contributed by atoms with E-state index in [0.717, 1.165) is 24.8 Å². The number of hydrogen-bond donors (Lipinski definition) is 0. The van der Waals surface area contributed by atoms with Gasteiger partial charge >= 0.3 is 0 Å². The lowest BCUT2D eigenvalue weighted by atomic mass is 10.0. The molecule has 2 aromatic rings. The van der Waals surface area contributed by atoms with Gasteiger partial charge < -0.3 is 14.5 Å². The summed E-state index contributed by atoms with van der Waals surface area (Å²) in [6.07, 6.45) is 4.05. The van der Waals surface area contributed by atoms with E-state index in [0.29, 0.717) is 24.5 Å². The van der Waals surface area contributed by atoms with Crippen LogP contribution in [0.3, 0.4) is 0 Å². The number of carbonyl (C=O) groups is 2. The number of benzene rings is 1. The molecule has 1 aliphatic rings. The van der Waals surface area contributed by atoms with Gasteiger partial charge in [0.05, 0.1) is 5.56 Å². The van der Waals surface area contributed by atoms with E-state index < -0.39 is 0 Å². The third-order valence-electron chi connectivity index (χ3n) is 5.02. The molecule has 0 N–H and O–H groups in total. The Labute approximate surface area is 166 Å². The number of ether oxygens (including phenoxy) is 1. The van der Waals surface area contributed by atoms with Gasteiger partial charge in [0.25, 0.3) is 11.8 Å². The summed E-state index contributed by atoms with van der Waals surface area (Å²) in [6, 6.07) is 11.3. The summed E-state index contributed by atoms with van der Waals surface area (Å²) < 4.78 is 5.94. The molecule has 0 saturated carbocycles. The minimum atomic E-state index is -0.0853. The molecule has 6 heteroatoms. The third-order valence-corrected chi connectivity index (χ3v) is 5.02. The zero-order chi connectivity index (χ0) is 20.1. The Kier molecular flexibility index (Phi) is 6.29. The van der Waals surface area contributed by atoms with Crippen LogP contribution >= 0.6 is 0 Å². The maximum Gasteiger partial charge on any atom is 0.254 e. The normalized spacial score (nSPS) is 14.6. The van der Waals surface area contributed by atoms with Crippen molar-refractivity contribution in [3.8, 4) is 5.88 Å². The van der Waals surface area contributed by atoms with Gasteiger partial charge in [-0.05, 0) is 30.2 Å². The molecule has 0 radical (unpaired) electrons. The summed E-state index contributed by atoms with van der Waals surface area (Å²) in [4.78, 5) is 32.2. The zero-order valence-corrected chi connectivity index (χ0v) is 16.7. The Hall–Kier alpha value is -2.89. The second-order valence-electron chi connectivity index (χ2n) is 7.24. The van der Waals surface area contributed by atoms with Gasteiger partial charge in [-0.15, -0.1) is 0 Å². The molecular formula is C22H27N3O3. The summed E-state index contributed by atoms with van der Waals surface area (Å²) in [6.45, 7) is 3.43. The van der Waals surface area contributed by atoms with Gasteiger partial charge in [0, 0.05) is 57.9 Å². The molecule has 3 rings (SSSR count). The molecule has 0 bridgehead atoms. The van der Waals surface area contributed by atoms with Crippen molar-refractivity contribution >= 4 is 11.8 Å². The largest absolute Gasteiger partial charge is 0.474 e. The maximum absolute atomic E-state index is 12.7. The van der Waals surface area contributed by atoms with Crippen LogP contribution < -0.4 is 4.74 Å². The summed E-state index contributed by atoms with van der Waals surface area (Å²) in [5.41, 5.74) is 2.50. The van der Waals surface area contributed by atoms with Crippen LogP contribution in [0.5, 0.6) is 5.88 Å². The van der Waals surface area contributed by atoms with Crippen LogP contribution in [0.1, 0.15) is 46.0 Å². The van der Waals surface area contributed by atoms with Gasteiger partial charge in [-0.25, -0.2) is 4.98 Å². The molecule has 0 aliphatic carbocycles. The Bertz CT molecular complexity index is 808. The van der Waals surface area contributed by atoms with Crippen molar-refractivity contribution in [2.45, 2.75) is 32.3 Å². The molecular weight excluding hydrogens is 354 g/mol. The second-order valence-corrected chi connectivity index (χ2v) is 7.24. The SMILES string of the molecule is CCc1ccc(C(=O)N2CCC(Oc3ccc(C(=O)N(C)C)cn3)CC2)cc1. The minimum Gasteiger partial charge on any atom is -0.474 e. The maximum atomic E-state index is 12.7. The van der Waals surface area contributed by atoms with E-state index in [1.165, 1.54) is 16.7 Å². The molecule has 2 amide bonds. The van der Waals surface area contributed by atoms with Crippen molar-refractivity contribution < 1.29 is 14.3 Å². The highest BCUT2D eigenvalue weighted by molar-refractivity contribution is 5.94. The fourth-order valence-electron chi connectivity index (χ4n) is 3.25. The topological polar surface area (TPSA) is 62.7 Å². The first-order chi connectivity index (χ1) is 13.5. The lowest BCUT2D eigenvalue weighted by molar-refractivity contribution is 0.0588. The van der Waals surface area contributed by atoms with Gasteiger partial charge in [0.15, 0.2) is 0 Å². The Balaban J connectivity index is 1.52. The molecule has 6 nitrogen and oxygen atoms in total. The first kappa shape index (κ1) is 19.9. The van der Waals surface area contributed by atoms with Crippen molar-refractivity contribution in [2.24, 2.45) is 0 Å². The quantitative estimate of drug-likeness (QED) is 0.799. The summed E-state index contributed by atoms with van der Waals surface area (Å²) in [5.74, 6) is 0.499. The highest BCUT2D eigenvalue weighted by Crippen LogP contribution is 2.19. The summed E-state index contributed by atoms with van der Waals surface area (Å²) in [5, 5.41) is 0. The van der Waals surface area contributed by atoms with E-state index in [1.54, 1.807) is 26.2 Å². The van der Waals surface area contributed by atoms with E-state index in [9.17, 15) is 9.59 Å². The first-order valence-electron chi connectivity index (χ1n) is 9.70. The van der Waals surface area contributed by atoms with Crippen molar-refractivity contribution in [2.75, 3.05) is 27.2 Å². The lowest BCUT2D eigenvalue weighted by Crippen LogP contribution is -2.41. The molecule has 28 heavy (non-hydrogen) atoms. The van der Waals surface area contributed by atoms with Crippen molar-refractivity contribution in [1.82, 2.24) is 14.8 Å². The molecule has 0 unspecified atom stereocenters. The number of aromatic nitrogens is 1. The predicted molar refractivity (Wildman–Crippen MR) is 108 cm³/mol. The number of carbonyl (C=O) groups excluding carboxylic acids is 2. The monoisotopic (exact) mass is 381 g/mol. The molecule has 2 heterocycles. The van der Waals surface area contributed by atoms with Crippen LogP contribution in [-0.2, 0) is 6.42 Å². The fourth-order valence-corrected chi connectivity index (χ4v) is 3.25. The van der Waals surface area contributed by atoms with Crippen LogP contribution in [0.2, 0.25) is 0 Å². The van der Waals surface area contributed by atoms with Gasteiger partial charge in [0.2, 0.25) is 5.88 Å². The summed E-state index contributed by atoms with van der Waals surface area (Å²) >= 11 is 0. The number of aryl methyl sites for hydroxylation is 1. The van der Waals surface area contributed by atoms with Gasteiger partial charge in [-0.1, -0.05) is 19.1 Å². The predicted octanol–water partition coefficient (Wildman–Crippen LogP) is 3.03. The number of piperidine rings is 1. The highest BCUT2D eigenvalue weighted by atomic mass is 16.5.